The Labute approximate surface area is 137 Å². The molecule has 1 heterocycles. The maximum atomic E-state index is 12.5. The summed E-state index contributed by atoms with van der Waals surface area (Å²) >= 11 is 3.47. The van der Waals surface area contributed by atoms with Crippen LogP contribution in [0.15, 0.2) is 59.2 Å². The number of benzene rings is 2. The molecule has 1 fully saturated rings. The van der Waals surface area contributed by atoms with E-state index in [1.54, 1.807) is 0 Å². The zero-order valence-electron chi connectivity index (χ0n) is 12.1. The minimum atomic E-state index is 0.256. The highest BCUT2D eigenvalue weighted by molar-refractivity contribution is 9.10. The third kappa shape index (κ3) is 2.50. The van der Waals surface area contributed by atoms with E-state index in [1.807, 2.05) is 18.3 Å². The average Bonchev–Trinajstić information content (AvgIpc) is 3.32. The smallest absolute Gasteiger partial charge is 0.168 e. The van der Waals surface area contributed by atoms with Gasteiger partial charge in [0.1, 0.15) is 0 Å². The number of carbonyl (C=O) groups excluding carboxylic acids is 1. The molecule has 1 aliphatic carbocycles. The molecular formula is C19H16BrNO. The van der Waals surface area contributed by atoms with Crippen LogP contribution in [0.5, 0.6) is 0 Å². The zero-order chi connectivity index (χ0) is 15.1. The summed E-state index contributed by atoms with van der Waals surface area (Å²) in [5.74, 6) is 0.567. The highest BCUT2D eigenvalue weighted by Crippen LogP contribution is 2.35. The van der Waals surface area contributed by atoms with Gasteiger partial charge in [-0.1, -0.05) is 46.3 Å². The van der Waals surface area contributed by atoms with E-state index in [0.717, 1.165) is 40.3 Å². The first kappa shape index (κ1) is 13.8. The van der Waals surface area contributed by atoms with Gasteiger partial charge < -0.3 is 4.57 Å². The number of halogens is 1. The molecule has 0 aliphatic heterocycles. The van der Waals surface area contributed by atoms with Gasteiger partial charge in [0, 0.05) is 39.6 Å². The lowest BCUT2D eigenvalue weighted by atomic mass is 10.1. The van der Waals surface area contributed by atoms with Gasteiger partial charge in [-0.15, -0.1) is 0 Å². The van der Waals surface area contributed by atoms with E-state index in [2.05, 4.69) is 56.9 Å². The van der Waals surface area contributed by atoms with Gasteiger partial charge in [-0.05, 0) is 36.6 Å². The fourth-order valence-corrected chi connectivity index (χ4v) is 3.19. The van der Waals surface area contributed by atoms with Gasteiger partial charge in [0.15, 0.2) is 5.78 Å². The third-order valence-electron chi connectivity index (χ3n) is 4.27. The molecule has 1 saturated carbocycles. The number of Topliss-reactive ketones (excluding diaryl/α,β-unsaturated/α-hetero) is 1. The molecule has 0 amide bonds. The Balaban J connectivity index is 1.77. The number of hydrogen-bond donors (Lipinski definition) is 0. The largest absolute Gasteiger partial charge is 0.342 e. The predicted octanol–water partition coefficient (Wildman–Crippen LogP) is 5.04. The van der Waals surface area contributed by atoms with Crippen LogP contribution in [0.3, 0.4) is 0 Å². The van der Waals surface area contributed by atoms with E-state index in [-0.39, 0.29) is 5.92 Å². The Morgan fingerprint density at radius 3 is 2.55 bits per heavy atom. The fourth-order valence-electron chi connectivity index (χ4n) is 2.93. The van der Waals surface area contributed by atoms with Gasteiger partial charge >= 0.3 is 0 Å². The molecule has 0 atom stereocenters. The summed E-state index contributed by atoms with van der Waals surface area (Å²) in [7, 11) is 0. The average molecular weight is 354 g/mol. The van der Waals surface area contributed by atoms with Gasteiger partial charge in [0.2, 0.25) is 0 Å². The molecule has 0 saturated heterocycles. The van der Waals surface area contributed by atoms with Gasteiger partial charge in [-0.3, -0.25) is 4.79 Å². The molecule has 22 heavy (non-hydrogen) atoms. The minimum Gasteiger partial charge on any atom is -0.342 e. The van der Waals surface area contributed by atoms with Crippen LogP contribution in [0.25, 0.3) is 10.9 Å². The lowest BCUT2D eigenvalue weighted by molar-refractivity contribution is 0.0969. The van der Waals surface area contributed by atoms with Crippen LogP contribution in [0.2, 0.25) is 0 Å². The Kier molecular flexibility index (Phi) is 3.38. The predicted molar refractivity (Wildman–Crippen MR) is 92.2 cm³/mol. The second kappa shape index (κ2) is 5.40. The van der Waals surface area contributed by atoms with Crippen LogP contribution in [0.1, 0.15) is 28.8 Å². The van der Waals surface area contributed by atoms with E-state index >= 15 is 0 Å². The Morgan fingerprint density at radius 2 is 1.82 bits per heavy atom. The Hall–Kier alpha value is -1.87. The zero-order valence-corrected chi connectivity index (χ0v) is 13.7. The molecule has 110 valence electrons. The maximum Gasteiger partial charge on any atom is 0.168 e. The number of fused-ring (bicyclic) bond motifs is 1. The van der Waals surface area contributed by atoms with Crippen LogP contribution in [-0.2, 0) is 6.54 Å². The molecule has 0 unspecified atom stereocenters. The minimum absolute atomic E-state index is 0.256. The molecule has 2 nitrogen and oxygen atoms in total. The van der Waals surface area contributed by atoms with Gasteiger partial charge in [-0.2, -0.15) is 0 Å². The van der Waals surface area contributed by atoms with Crippen LogP contribution in [-0.4, -0.2) is 10.4 Å². The molecular weight excluding hydrogens is 338 g/mol. The van der Waals surface area contributed by atoms with Crippen molar-refractivity contribution in [3.05, 3.63) is 70.3 Å². The molecule has 3 heteroatoms. The molecule has 0 spiro atoms. The van der Waals surface area contributed by atoms with E-state index in [0.29, 0.717) is 5.78 Å². The highest BCUT2D eigenvalue weighted by atomic mass is 79.9. The quantitative estimate of drug-likeness (QED) is 0.602. The summed E-state index contributed by atoms with van der Waals surface area (Å²) in [6, 6.07) is 16.5. The standard InChI is InChI=1S/C19H16BrNO/c20-15-9-5-13(6-10-15)11-21-12-17(19(22)14-7-8-14)16-3-1-2-4-18(16)21/h1-6,9-10,12,14H,7-8,11H2. The van der Waals surface area contributed by atoms with E-state index in [9.17, 15) is 4.79 Å². The second-order valence-electron chi connectivity index (χ2n) is 5.95. The van der Waals surface area contributed by atoms with Crippen molar-refractivity contribution in [2.75, 3.05) is 0 Å². The lowest BCUT2D eigenvalue weighted by Crippen LogP contribution is -2.01. The molecule has 2 aromatic carbocycles. The molecule has 1 aliphatic rings. The number of hydrogen-bond acceptors (Lipinski definition) is 1. The summed E-state index contributed by atoms with van der Waals surface area (Å²) < 4.78 is 3.27. The van der Waals surface area contributed by atoms with Crippen molar-refractivity contribution in [1.29, 1.82) is 0 Å². The third-order valence-corrected chi connectivity index (χ3v) is 4.80. The molecule has 1 aromatic heterocycles. The van der Waals surface area contributed by atoms with E-state index in [4.69, 9.17) is 0 Å². The summed E-state index contributed by atoms with van der Waals surface area (Å²) in [6.07, 6.45) is 4.13. The van der Waals surface area contributed by atoms with Crippen molar-refractivity contribution in [3.8, 4) is 0 Å². The number of carbonyl (C=O) groups is 1. The van der Waals surface area contributed by atoms with Gasteiger partial charge in [0.05, 0.1) is 0 Å². The number of ketones is 1. The normalized spacial score (nSPS) is 14.4. The topological polar surface area (TPSA) is 22.0 Å². The Morgan fingerprint density at radius 1 is 1.09 bits per heavy atom. The van der Waals surface area contributed by atoms with Crippen molar-refractivity contribution in [3.63, 3.8) is 0 Å². The van der Waals surface area contributed by atoms with Gasteiger partial charge in [0.25, 0.3) is 0 Å². The van der Waals surface area contributed by atoms with Crippen molar-refractivity contribution in [2.45, 2.75) is 19.4 Å². The highest BCUT2D eigenvalue weighted by Gasteiger charge is 2.32. The van der Waals surface area contributed by atoms with E-state index < -0.39 is 0 Å². The molecule has 0 bridgehead atoms. The van der Waals surface area contributed by atoms with Crippen LogP contribution < -0.4 is 0 Å². The molecule has 3 aromatic rings. The van der Waals surface area contributed by atoms with Crippen molar-refractivity contribution >= 4 is 32.6 Å². The number of rotatable bonds is 4. The monoisotopic (exact) mass is 353 g/mol. The van der Waals surface area contributed by atoms with Crippen LogP contribution in [0.4, 0.5) is 0 Å². The van der Waals surface area contributed by atoms with Crippen molar-refractivity contribution < 1.29 is 4.79 Å². The number of aromatic nitrogens is 1. The van der Waals surface area contributed by atoms with Crippen LogP contribution >= 0.6 is 15.9 Å². The Bertz CT molecular complexity index is 844. The second-order valence-corrected chi connectivity index (χ2v) is 6.87. The number of nitrogens with zero attached hydrogens (tertiary/aromatic N) is 1. The lowest BCUT2D eigenvalue weighted by Gasteiger charge is -2.05. The van der Waals surface area contributed by atoms with Crippen molar-refractivity contribution in [2.24, 2.45) is 5.92 Å². The summed E-state index contributed by atoms with van der Waals surface area (Å²) in [4.78, 5) is 12.5. The number of para-hydroxylation sites is 1. The summed E-state index contributed by atoms with van der Waals surface area (Å²) in [5, 5.41) is 1.08. The molecule has 0 radical (unpaired) electrons. The summed E-state index contributed by atoms with van der Waals surface area (Å²) in [6.45, 7) is 0.783. The maximum absolute atomic E-state index is 12.5. The summed E-state index contributed by atoms with van der Waals surface area (Å²) in [5.41, 5.74) is 3.25. The fraction of sp³-hybridized carbons (Fsp3) is 0.211. The first-order valence-corrected chi connectivity index (χ1v) is 8.38. The molecule has 0 N–H and O–H groups in total. The van der Waals surface area contributed by atoms with E-state index in [1.165, 1.54) is 5.56 Å². The first-order valence-electron chi connectivity index (χ1n) is 7.59. The SMILES string of the molecule is O=C(c1cn(Cc2ccc(Br)cc2)c2ccccc12)C1CC1. The molecule has 4 rings (SSSR count). The van der Waals surface area contributed by atoms with Gasteiger partial charge in [-0.25, -0.2) is 0 Å². The first-order chi connectivity index (χ1) is 10.7. The van der Waals surface area contributed by atoms with Crippen molar-refractivity contribution in [1.82, 2.24) is 4.57 Å². The van der Waals surface area contributed by atoms with Crippen LogP contribution in [0, 0.1) is 5.92 Å².